The maximum Gasteiger partial charge on any atom is 0.229 e. The van der Waals surface area contributed by atoms with Crippen LogP contribution in [-0.2, 0) is 40.1 Å². The fourth-order valence-electron chi connectivity index (χ4n) is 4.00. The van der Waals surface area contributed by atoms with Crippen molar-refractivity contribution in [2.45, 2.75) is 25.3 Å². The van der Waals surface area contributed by atoms with Gasteiger partial charge in [0.2, 0.25) is 15.9 Å². The number of hydrogen-bond acceptors (Lipinski definition) is 4. The molecule has 5 rings (SSSR count). The molecule has 0 spiro atoms. The van der Waals surface area contributed by atoms with Crippen LogP contribution in [0.2, 0.25) is 0 Å². The Morgan fingerprint density at radius 3 is 2.50 bits per heavy atom. The van der Waals surface area contributed by atoms with Crippen LogP contribution in [-0.4, -0.2) is 28.8 Å². The summed E-state index contributed by atoms with van der Waals surface area (Å²) in [6.45, 7) is 0.383. The first-order valence-electron chi connectivity index (χ1n) is 10.3. The molecule has 2 N–H and O–H groups in total. The first kappa shape index (κ1) is 20.4. The SMILES string of the molecule is O=C(Cc1ccc2ccccc2c1)Nc1[nH]nc2c1CN(S(=O)(=O)Cc1ccccc1)C2. The third-order valence-electron chi connectivity index (χ3n) is 5.64. The van der Waals surface area contributed by atoms with E-state index in [-0.39, 0.29) is 31.2 Å². The van der Waals surface area contributed by atoms with Crippen molar-refractivity contribution < 1.29 is 13.2 Å². The molecule has 0 saturated carbocycles. The van der Waals surface area contributed by atoms with E-state index in [0.29, 0.717) is 17.1 Å². The minimum absolute atomic E-state index is 0.0640. The van der Waals surface area contributed by atoms with Crippen molar-refractivity contribution in [1.29, 1.82) is 0 Å². The summed E-state index contributed by atoms with van der Waals surface area (Å²) in [6, 6.07) is 23.0. The lowest BCUT2D eigenvalue weighted by Gasteiger charge is -2.16. The van der Waals surface area contributed by atoms with Crippen LogP contribution in [0.1, 0.15) is 22.4 Å². The number of benzene rings is 3. The molecule has 0 unspecified atom stereocenters. The quantitative estimate of drug-likeness (QED) is 0.473. The largest absolute Gasteiger partial charge is 0.311 e. The van der Waals surface area contributed by atoms with E-state index in [2.05, 4.69) is 15.5 Å². The van der Waals surface area contributed by atoms with Crippen LogP contribution < -0.4 is 5.32 Å². The number of rotatable bonds is 6. The second kappa shape index (κ2) is 8.22. The molecule has 2 heterocycles. The molecular formula is C24H22N4O3S. The molecule has 1 aliphatic heterocycles. The van der Waals surface area contributed by atoms with Gasteiger partial charge in [-0.25, -0.2) is 8.42 Å². The number of hydrogen-bond donors (Lipinski definition) is 2. The summed E-state index contributed by atoms with van der Waals surface area (Å²) in [5.41, 5.74) is 3.00. The van der Waals surface area contributed by atoms with Gasteiger partial charge in [0.05, 0.1) is 24.4 Å². The van der Waals surface area contributed by atoms with E-state index in [0.717, 1.165) is 21.9 Å². The lowest BCUT2D eigenvalue weighted by atomic mass is 10.0. The van der Waals surface area contributed by atoms with Gasteiger partial charge in [-0.05, 0) is 21.9 Å². The van der Waals surface area contributed by atoms with Crippen LogP contribution in [0.4, 0.5) is 5.82 Å². The molecule has 32 heavy (non-hydrogen) atoms. The van der Waals surface area contributed by atoms with Gasteiger partial charge >= 0.3 is 0 Å². The third kappa shape index (κ3) is 4.15. The Balaban J connectivity index is 1.26. The highest BCUT2D eigenvalue weighted by molar-refractivity contribution is 7.88. The first-order valence-corrected chi connectivity index (χ1v) is 11.9. The van der Waals surface area contributed by atoms with Crippen molar-refractivity contribution in [1.82, 2.24) is 14.5 Å². The Hall–Kier alpha value is -3.49. The summed E-state index contributed by atoms with van der Waals surface area (Å²) in [5.74, 6) is 0.214. The number of nitrogens with one attached hydrogen (secondary N) is 2. The first-order chi connectivity index (χ1) is 15.5. The summed E-state index contributed by atoms with van der Waals surface area (Å²) in [4.78, 5) is 12.6. The lowest BCUT2D eigenvalue weighted by molar-refractivity contribution is -0.115. The summed E-state index contributed by atoms with van der Waals surface area (Å²) < 4.78 is 27.1. The van der Waals surface area contributed by atoms with E-state index in [4.69, 9.17) is 0 Å². The number of amides is 1. The van der Waals surface area contributed by atoms with Crippen molar-refractivity contribution in [3.63, 3.8) is 0 Å². The molecule has 0 bridgehead atoms. The summed E-state index contributed by atoms with van der Waals surface area (Å²) >= 11 is 0. The van der Waals surface area contributed by atoms with E-state index in [1.54, 1.807) is 12.1 Å². The van der Waals surface area contributed by atoms with Gasteiger partial charge in [0, 0.05) is 12.1 Å². The van der Waals surface area contributed by atoms with Crippen LogP contribution in [0.3, 0.4) is 0 Å². The van der Waals surface area contributed by atoms with Gasteiger partial charge in [0.15, 0.2) is 0 Å². The number of aromatic nitrogens is 2. The molecule has 0 aliphatic carbocycles. The van der Waals surface area contributed by atoms with Gasteiger partial charge < -0.3 is 5.32 Å². The van der Waals surface area contributed by atoms with Gasteiger partial charge in [0.1, 0.15) is 5.82 Å². The van der Waals surface area contributed by atoms with Crippen molar-refractivity contribution in [2.75, 3.05) is 5.32 Å². The molecule has 3 aromatic carbocycles. The Kier molecular flexibility index (Phi) is 5.24. The minimum atomic E-state index is -3.50. The number of sulfonamides is 1. The third-order valence-corrected chi connectivity index (χ3v) is 7.38. The molecule has 4 aromatic rings. The molecule has 1 amide bonds. The molecule has 0 saturated heterocycles. The summed E-state index contributed by atoms with van der Waals surface area (Å²) in [7, 11) is -3.50. The van der Waals surface area contributed by atoms with Crippen LogP contribution in [0.25, 0.3) is 10.8 Å². The zero-order valence-electron chi connectivity index (χ0n) is 17.3. The number of carbonyl (C=O) groups is 1. The Bertz CT molecular complexity index is 1400. The van der Waals surface area contributed by atoms with E-state index in [1.165, 1.54) is 4.31 Å². The molecular weight excluding hydrogens is 424 g/mol. The van der Waals surface area contributed by atoms with Crippen LogP contribution in [0, 0.1) is 0 Å². The molecule has 0 atom stereocenters. The highest BCUT2D eigenvalue weighted by Crippen LogP contribution is 2.30. The van der Waals surface area contributed by atoms with Gasteiger partial charge in [-0.3, -0.25) is 9.89 Å². The van der Waals surface area contributed by atoms with Gasteiger partial charge in [-0.1, -0.05) is 72.8 Å². The van der Waals surface area contributed by atoms with Gasteiger partial charge in [-0.15, -0.1) is 0 Å². The Labute approximate surface area is 186 Å². The number of nitrogens with zero attached hydrogens (tertiary/aromatic N) is 2. The van der Waals surface area contributed by atoms with Gasteiger partial charge in [0.25, 0.3) is 0 Å². The van der Waals surface area contributed by atoms with E-state index >= 15 is 0 Å². The van der Waals surface area contributed by atoms with E-state index in [9.17, 15) is 13.2 Å². The zero-order valence-corrected chi connectivity index (χ0v) is 18.1. The van der Waals surface area contributed by atoms with Crippen molar-refractivity contribution in [3.05, 3.63) is 95.2 Å². The fraction of sp³-hybridized carbons (Fsp3) is 0.167. The molecule has 0 radical (unpaired) electrons. The molecule has 0 fully saturated rings. The van der Waals surface area contributed by atoms with E-state index < -0.39 is 10.0 Å². The van der Waals surface area contributed by atoms with Crippen molar-refractivity contribution in [3.8, 4) is 0 Å². The van der Waals surface area contributed by atoms with Crippen molar-refractivity contribution in [2.24, 2.45) is 0 Å². The minimum Gasteiger partial charge on any atom is -0.311 e. The molecule has 8 heteroatoms. The number of aromatic amines is 1. The maximum atomic E-state index is 12.9. The zero-order chi connectivity index (χ0) is 22.1. The Morgan fingerprint density at radius 2 is 1.69 bits per heavy atom. The second-order valence-electron chi connectivity index (χ2n) is 7.94. The highest BCUT2D eigenvalue weighted by atomic mass is 32.2. The predicted octanol–water partition coefficient (Wildman–Crippen LogP) is 3.59. The standard InChI is InChI=1S/C24H22N4O3S/c29-23(13-18-10-11-19-8-4-5-9-20(19)12-18)25-24-21-14-28(15-22(21)26-27-24)32(30,31)16-17-6-2-1-3-7-17/h1-12H,13-16H2,(H2,25,26,27,29). The van der Waals surface area contributed by atoms with Crippen LogP contribution in [0.15, 0.2) is 72.8 Å². The molecule has 1 aromatic heterocycles. The lowest BCUT2D eigenvalue weighted by Crippen LogP contribution is -2.27. The predicted molar refractivity (Wildman–Crippen MR) is 123 cm³/mol. The summed E-state index contributed by atoms with van der Waals surface area (Å²) in [6.07, 6.45) is 0.217. The smallest absolute Gasteiger partial charge is 0.229 e. The molecule has 7 nitrogen and oxygen atoms in total. The van der Waals surface area contributed by atoms with Crippen LogP contribution >= 0.6 is 0 Å². The van der Waals surface area contributed by atoms with Crippen LogP contribution in [0.5, 0.6) is 0 Å². The van der Waals surface area contributed by atoms with Gasteiger partial charge in [-0.2, -0.15) is 9.40 Å². The highest BCUT2D eigenvalue weighted by Gasteiger charge is 2.33. The second-order valence-corrected chi connectivity index (χ2v) is 9.91. The number of fused-ring (bicyclic) bond motifs is 2. The normalized spacial score (nSPS) is 13.9. The fourth-order valence-corrected chi connectivity index (χ4v) is 5.44. The number of H-pyrrole nitrogens is 1. The van der Waals surface area contributed by atoms with E-state index in [1.807, 2.05) is 60.7 Å². The average Bonchev–Trinajstić information content (AvgIpc) is 3.37. The Morgan fingerprint density at radius 1 is 0.938 bits per heavy atom. The monoisotopic (exact) mass is 446 g/mol. The maximum absolute atomic E-state index is 12.9. The summed E-state index contributed by atoms with van der Waals surface area (Å²) in [5, 5.41) is 12.1. The molecule has 1 aliphatic rings. The average molecular weight is 447 g/mol. The topological polar surface area (TPSA) is 95.2 Å². The molecule has 162 valence electrons. The van der Waals surface area contributed by atoms with Crippen molar-refractivity contribution >= 4 is 32.5 Å². The number of carbonyl (C=O) groups excluding carboxylic acids is 1. The number of anilines is 1.